The first-order valence-electron chi connectivity index (χ1n) is 3.94. The van der Waals surface area contributed by atoms with Gasteiger partial charge in [0.2, 0.25) is 0 Å². The zero-order valence-electron chi connectivity index (χ0n) is 6.60. The lowest BCUT2D eigenvalue weighted by Gasteiger charge is -2.19. The molecule has 1 aromatic heterocycles. The first-order valence-corrected chi connectivity index (χ1v) is 4.93. The molecule has 0 bridgehead atoms. The molecule has 12 heavy (non-hydrogen) atoms. The van der Waals surface area contributed by atoms with Crippen molar-refractivity contribution in [1.29, 1.82) is 0 Å². The van der Waals surface area contributed by atoms with Gasteiger partial charge in [-0.05, 0) is 24.7 Å². The van der Waals surface area contributed by atoms with Gasteiger partial charge in [-0.2, -0.15) is 0 Å². The summed E-state index contributed by atoms with van der Waals surface area (Å²) >= 11 is 1.56. The Labute approximate surface area is 75.2 Å². The summed E-state index contributed by atoms with van der Waals surface area (Å²) in [5, 5.41) is 10.0. The molecule has 1 atom stereocenters. The Kier molecular flexibility index (Phi) is 2.02. The van der Waals surface area contributed by atoms with E-state index in [0.717, 1.165) is 24.3 Å². The first-order chi connectivity index (χ1) is 5.81. The molecule has 1 unspecified atom stereocenters. The van der Waals surface area contributed by atoms with E-state index in [1.165, 1.54) is 6.33 Å². The zero-order chi connectivity index (χ0) is 8.44. The van der Waals surface area contributed by atoms with Crippen LogP contribution in [-0.2, 0) is 4.93 Å². The van der Waals surface area contributed by atoms with Crippen LogP contribution in [0.3, 0.4) is 0 Å². The molecule has 4 heteroatoms. The highest BCUT2D eigenvalue weighted by Gasteiger charge is 2.34. The van der Waals surface area contributed by atoms with Crippen LogP contribution in [0, 0.1) is 0 Å². The second kappa shape index (κ2) is 3.03. The van der Waals surface area contributed by atoms with Crippen molar-refractivity contribution >= 4 is 11.8 Å². The molecule has 0 radical (unpaired) electrons. The van der Waals surface area contributed by atoms with Crippen LogP contribution in [0.1, 0.15) is 18.5 Å². The molecular formula is C8H10N2OS. The summed E-state index contributed by atoms with van der Waals surface area (Å²) in [6.45, 7) is 0. The van der Waals surface area contributed by atoms with Gasteiger partial charge in [-0.3, -0.25) is 0 Å². The Hall–Kier alpha value is -0.610. The van der Waals surface area contributed by atoms with Gasteiger partial charge in [-0.25, -0.2) is 9.97 Å². The molecule has 1 fully saturated rings. The zero-order valence-corrected chi connectivity index (χ0v) is 7.42. The van der Waals surface area contributed by atoms with Gasteiger partial charge in [0.05, 0.1) is 5.69 Å². The van der Waals surface area contributed by atoms with Gasteiger partial charge < -0.3 is 5.11 Å². The fourth-order valence-electron chi connectivity index (χ4n) is 1.35. The fraction of sp³-hybridized carbons (Fsp3) is 0.500. The van der Waals surface area contributed by atoms with Gasteiger partial charge in [0.1, 0.15) is 6.33 Å². The highest BCUT2D eigenvalue weighted by molar-refractivity contribution is 8.00. The second-order valence-corrected chi connectivity index (χ2v) is 4.20. The van der Waals surface area contributed by atoms with Crippen LogP contribution in [0.5, 0.6) is 0 Å². The van der Waals surface area contributed by atoms with Crippen molar-refractivity contribution in [3.8, 4) is 0 Å². The molecule has 0 aromatic carbocycles. The van der Waals surface area contributed by atoms with Gasteiger partial charge >= 0.3 is 0 Å². The molecule has 0 amide bonds. The molecular weight excluding hydrogens is 172 g/mol. The van der Waals surface area contributed by atoms with Crippen molar-refractivity contribution in [3.05, 3.63) is 24.3 Å². The quantitative estimate of drug-likeness (QED) is 0.707. The largest absolute Gasteiger partial charge is 0.374 e. The Bertz CT molecular complexity index is 259. The fourth-order valence-corrected chi connectivity index (χ4v) is 2.53. The number of thioether (sulfide) groups is 1. The minimum Gasteiger partial charge on any atom is -0.374 e. The highest BCUT2D eigenvalue weighted by atomic mass is 32.2. The maximum atomic E-state index is 10.0. The highest BCUT2D eigenvalue weighted by Crippen LogP contribution is 2.42. The maximum absolute atomic E-state index is 10.0. The average molecular weight is 182 g/mol. The molecule has 0 spiro atoms. The molecule has 0 aliphatic carbocycles. The van der Waals surface area contributed by atoms with Crippen molar-refractivity contribution in [2.75, 3.05) is 5.75 Å². The summed E-state index contributed by atoms with van der Waals surface area (Å²) in [5.41, 5.74) is 0.736. The average Bonchev–Trinajstić information content (AvgIpc) is 2.55. The first kappa shape index (κ1) is 8.01. The van der Waals surface area contributed by atoms with Crippen LogP contribution in [0.15, 0.2) is 18.6 Å². The normalized spacial score (nSPS) is 29.1. The number of nitrogens with zero attached hydrogens (tertiary/aromatic N) is 2. The summed E-state index contributed by atoms with van der Waals surface area (Å²) in [5.74, 6) is 1.01. The maximum Gasteiger partial charge on any atom is 0.153 e. The number of aliphatic hydroxyl groups is 1. The third-order valence-corrected chi connectivity index (χ3v) is 3.37. The third-order valence-electron chi connectivity index (χ3n) is 1.98. The second-order valence-electron chi connectivity index (χ2n) is 2.83. The molecule has 1 saturated heterocycles. The van der Waals surface area contributed by atoms with E-state index in [0.29, 0.717) is 0 Å². The molecule has 3 nitrogen and oxygen atoms in total. The summed E-state index contributed by atoms with van der Waals surface area (Å²) in [4.78, 5) is 7.12. The number of hydrogen-bond donors (Lipinski definition) is 1. The van der Waals surface area contributed by atoms with E-state index < -0.39 is 4.93 Å². The molecule has 1 N–H and O–H groups in total. The lowest BCUT2D eigenvalue weighted by atomic mass is 10.1. The van der Waals surface area contributed by atoms with Crippen molar-refractivity contribution in [1.82, 2.24) is 9.97 Å². The summed E-state index contributed by atoms with van der Waals surface area (Å²) in [6, 6.07) is 1.78. The van der Waals surface area contributed by atoms with E-state index in [-0.39, 0.29) is 0 Å². The summed E-state index contributed by atoms with van der Waals surface area (Å²) in [6.07, 6.45) is 5.01. The number of hydrogen-bond acceptors (Lipinski definition) is 4. The van der Waals surface area contributed by atoms with E-state index in [1.807, 2.05) is 0 Å². The Morgan fingerprint density at radius 3 is 3.08 bits per heavy atom. The lowest BCUT2D eigenvalue weighted by Crippen LogP contribution is -2.18. The molecule has 64 valence electrons. The standard InChI is InChI=1S/C8H10N2OS/c11-8(3-1-5-12-8)7-2-4-9-6-10-7/h2,4,6,11H,1,3,5H2. The summed E-state index contributed by atoms with van der Waals surface area (Å²) in [7, 11) is 0. The molecule has 2 heterocycles. The Morgan fingerprint density at radius 1 is 1.58 bits per heavy atom. The van der Waals surface area contributed by atoms with Gasteiger partial charge in [-0.15, -0.1) is 11.8 Å². The van der Waals surface area contributed by atoms with E-state index in [4.69, 9.17) is 0 Å². The predicted molar refractivity (Wildman–Crippen MR) is 47.6 cm³/mol. The van der Waals surface area contributed by atoms with E-state index in [2.05, 4.69) is 9.97 Å². The van der Waals surface area contributed by atoms with Crippen molar-refractivity contribution < 1.29 is 5.11 Å². The smallest absolute Gasteiger partial charge is 0.153 e. The van der Waals surface area contributed by atoms with Crippen molar-refractivity contribution in [2.45, 2.75) is 17.8 Å². The van der Waals surface area contributed by atoms with E-state index >= 15 is 0 Å². The van der Waals surface area contributed by atoms with E-state index in [9.17, 15) is 5.11 Å². The van der Waals surface area contributed by atoms with Gasteiger partial charge in [0, 0.05) is 6.20 Å². The van der Waals surface area contributed by atoms with Crippen LogP contribution in [-0.4, -0.2) is 20.8 Å². The lowest BCUT2D eigenvalue weighted by molar-refractivity contribution is 0.130. The van der Waals surface area contributed by atoms with Gasteiger partial charge in [-0.1, -0.05) is 0 Å². The minimum absolute atomic E-state index is 0.736. The predicted octanol–water partition coefficient (Wildman–Crippen LogP) is 1.15. The topological polar surface area (TPSA) is 46.0 Å². The third kappa shape index (κ3) is 1.32. The number of aromatic nitrogens is 2. The molecule has 1 aliphatic heterocycles. The van der Waals surface area contributed by atoms with Crippen LogP contribution >= 0.6 is 11.8 Å². The number of rotatable bonds is 1. The van der Waals surface area contributed by atoms with Gasteiger partial charge in [0.25, 0.3) is 0 Å². The molecule has 1 aromatic rings. The van der Waals surface area contributed by atoms with E-state index in [1.54, 1.807) is 24.0 Å². The van der Waals surface area contributed by atoms with Crippen molar-refractivity contribution in [3.63, 3.8) is 0 Å². The van der Waals surface area contributed by atoms with Crippen LogP contribution in [0.4, 0.5) is 0 Å². The molecule has 2 rings (SSSR count). The minimum atomic E-state index is -0.747. The SMILES string of the molecule is OC1(c2ccncn2)CCCS1. The molecule has 0 saturated carbocycles. The Morgan fingerprint density at radius 2 is 2.50 bits per heavy atom. The summed E-state index contributed by atoms with van der Waals surface area (Å²) < 4.78 is 0. The Balaban J connectivity index is 2.29. The molecule has 1 aliphatic rings. The van der Waals surface area contributed by atoms with Crippen LogP contribution in [0.25, 0.3) is 0 Å². The van der Waals surface area contributed by atoms with Crippen molar-refractivity contribution in [2.24, 2.45) is 0 Å². The van der Waals surface area contributed by atoms with Crippen LogP contribution < -0.4 is 0 Å². The van der Waals surface area contributed by atoms with Gasteiger partial charge in [0.15, 0.2) is 4.93 Å². The van der Waals surface area contributed by atoms with Crippen LogP contribution in [0.2, 0.25) is 0 Å². The monoisotopic (exact) mass is 182 g/mol.